The Kier molecular flexibility index (Phi) is 5.32. The highest BCUT2D eigenvalue weighted by Gasteiger charge is 2.13. The number of aliphatic hydroxyl groups is 1. The van der Waals surface area contributed by atoms with Crippen LogP contribution < -0.4 is 10.6 Å². The second kappa shape index (κ2) is 6.75. The molecule has 0 aliphatic carbocycles. The molecule has 1 aromatic carbocycles. The number of hydrogen-bond donors (Lipinski definition) is 3. The molecule has 0 unspecified atom stereocenters. The van der Waals surface area contributed by atoms with E-state index in [4.69, 9.17) is 0 Å². The van der Waals surface area contributed by atoms with Gasteiger partial charge in [0.05, 0.1) is 5.57 Å². The van der Waals surface area contributed by atoms with E-state index in [1.807, 2.05) is 13.8 Å². The summed E-state index contributed by atoms with van der Waals surface area (Å²) in [4.78, 5) is 23.0. The minimum atomic E-state index is -0.365. The molecule has 1 aromatic rings. The van der Waals surface area contributed by atoms with Gasteiger partial charge in [-0.15, -0.1) is 0 Å². The zero-order valence-corrected chi connectivity index (χ0v) is 12.2. The molecular formula is C15H20N2O3. The van der Waals surface area contributed by atoms with Gasteiger partial charge in [-0.2, -0.15) is 0 Å². The molecule has 108 valence electrons. The third-order valence-corrected chi connectivity index (χ3v) is 2.71. The molecule has 2 amide bonds. The van der Waals surface area contributed by atoms with E-state index in [9.17, 15) is 14.7 Å². The first-order chi connectivity index (χ1) is 9.31. The van der Waals surface area contributed by atoms with Crippen LogP contribution in [0.1, 0.15) is 27.7 Å². The fourth-order valence-corrected chi connectivity index (χ4v) is 1.65. The molecular weight excluding hydrogens is 256 g/mol. The smallest absolute Gasteiger partial charge is 0.254 e. The van der Waals surface area contributed by atoms with Crippen molar-refractivity contribution in [1.29, 1.82) is 0 Å². The molecule has 0 aliphatic heterocycles. The fourth-order valence-electron chi connectivity index (χ4n) is 1.65. The van der Waals surface area contributed by atoms with E-state index in [0.717, 1.165) is 0 Å². The summed E-state index contributed by atoms with van der Waals surface area (Å²) < 4.78 is 0. The number of carbonyl (C=O) groups excluding carboxylic acids is 2. The van der Waals surface area contributed by atoms with Crippen LogP contribution in [0.4, 0.5) is 11.4 Å². The minimum Gasteiger partial charge on any atom is -0.512 e. The minimum absolute atomic E-state index is 0.0699. The summed E-state index contributed by atoms with van der Waals surface area (Å²) in [5, 5.41) is 15.1. The number of anilines is 2. The monoisotopic (exact) mass is 276 g/mol. The lowest BCUT2D eigenvalue weighted by molar-refractivity contribution is -0.114. The van der Waals surface area contributed by atoms with Crippen LogP contribution in [0.2, 0.25) is 0 Å². The van der Waals surface area contributed by atoms with Crippen molar-refractivity contribution in [2.24, 2.45) is 5.92 Å². The summed E-state index contributed by atoms with van der Waals surface area (Å²) in [6.07, 6.45) is 0. The van der Waals surface area contributed by atoms with Crippen molar-refractivity contribution >= 4 is 23.2 Å². The van der Waals surface area contributed by atoms with Crippen molar-refractivity contribution in [2.75, 3.05) is 10.6 Å². The number of rotatable bonds is 4. The van der Waals surface area contributed by atoms with Crippen molar-refractivity contribution in [3.63, 3.8) is 0 Å². The van der Waals surface area contributed by atoms with Crippen LogP contribution in [0.15, 0.2) is 35.6 Å². The van der Waals surface area contributed by atoms with Gasteiger partial charge in [0.15, 0.2) is 0 Å². The molecule has 0 atom stereocenters. The Balaban J connectivity index is 2.86. The standard InChI is InChI=1S/C15H20N2O3/c1-9(2)14(19)10(3)15(20)17-13-7-5-6-12(8-13)16-11(4)18/h5-9,19H,1-4H3,(H,16,18)(H,17,20)/b14-10-. The van der Waals surface area contributed by atoms with Crippen LogP contribution in [0.3, 0.4) is 0 Å². The maximum Gasteiger partial charge on any atom is 0.254 e. The predicted octanol–water partition coefficient (Wildman–Crippen LogP) is 3.07. The first-order valence-electron chi connectivity index (χ1n) is 6.40. The normalized spacial score (nSPS) is 11.8. The first kappa shape index (κ1) is 15.8. The highest BCUT2D eigenvalue weighted by molar-refractivity contribution is 6.04. The number of aliphatic hydroxyl groups excluding tert-OH is 1. The molecule has 5 nitrogen and oxygen atoms in total. The SMILES string of the molecule is CC(=O)Nc1cccc(NC(=O)/C(C)=C(\O)C(C)C)c1. The Labute approximate surface area is 118 Å². The topological polar surface area (TPSA) is 78.4 Å². The molecule has 0 aromatic heterocycles. The van der Waals surface area contributed by atoms with Gasteiger partial charge in [-0.25, -0.2) is 0 Å². The summed E-state index contributed by atoms with van der Waals surface area (Å²) in [5.41, 5.74) is 1.44. The van der Waals surface area contributed by atoms with Gasteiger partial charge in [-0.1, -0.05) is 19.9 Å². The largest absolute Gasteiger partial charge is 0.512 e. The van der Waals surface area contributed by atoms with E-state index in [0.29, 0.717) is 11.4 Å². The Morgan fingerprint density at radius 2 is 1.65 bits per heavy atom. The van der Waals surface area contributed by atoms with Crippen molar-refractivity contribution in [3.05, 3.63) is 35.6 Å². The van der Waals surface area contributed by atoms with Gasteiger partial charge in [0.2, 0.25) is 5.91 Å². The third kappa shape index (κ3) is 4.42. The Morgan fingerprint density at radius 1 is 1.10 bits per heavy atom. The first-order valence-corrected chi connectivity index (χ1v) is 6.40. The Hall–Kier alpha value is -2.30. The molecule has 0 heterocycles. The van der Waals surface area contributed by atoms with Crippen molar-refractivity contribution in [3.8, 4) is 0 Å². The van der Waals surface area contributed by atoms with E-state index in [2.05, 4.69) is 10.6 Å². The molecule has 3 N–H and O–H groups in total. The number of hydrogen-bond acceptors (Lipinski definition) is 3. The van der Waals surface area contributed by atoms with Crippen molar-refractivity contribution < 1.29 is 14.7 Å². The number of benzene rings is 1. The van der Waals surface area contributed by atoms with E-state index in [-0.39, 0.29) is 29.1 Å². The van der Waals surface area contributed by atoms with Gasteiger partial charge in [-0.3, -0.25) is 9.59 Å². The van der Waals surface area contributed by atoms with Crippen LogP contribution >= 0.6 is 0 Å². The molecule has 0 saturated heterocycles. The summed E-state index contributed by atoms with van der Waals surface area (Å²) in [5.74, 6) is -0.579. The number of allylic oxidation sites excluding steroid dienone is 1. The quantitative estimate of drug-likeness (QED) is 0.584. The van der Waals surface area contributed by atoms with Gasteiger partial charge in [0.1, 0.15) is 5.76 Å². The maximum atomic E-state index is 12.0. The second-order valence-electron chi connectivity index (χ2n) is 4.88. The lowest BCUT2D eigenvalue weighted by Gasteiger charge is -2.11. The van der Waals surface area contributed by atoms with Crippen LogP contribution in [0.25, 0.3) is 0 Å². The molecule has 1 rings (SSSR count). The zero-order chi connectivity index (χ0) is 15.3. The van der Waals surface area contributed by atoms with Crippen LogP contribution in [-0.4, -0.2) is 16.9 Å². The molecule has 0 saturated carbocycles. The average Bonchev–Trinajstić information content (AvgIpc) is 2.36. The van der Waals surface area contributed by atoms with Crippen molar-refractivity contribution in [2.45, 2.75) is 27.7 Å². The molecule has 0 aliphatic rings. The van der Waals surface area contributed by atoms with E-state index >= 15 is 0 Å². The summed E-state index contributed by atoms with van der Waals surface area (Å²) in [7, 11) is 0. The van der Waals surface area contributed by atoms with E-state index < -0.39 is 0 Å². The Morgan fingerprint density at radius 3 is 2.15 bits per heavy atom. The van der Waals surface area contributed by atoms with Crippen LogP contribution in [0.5, 0.6) is 0 Å². The van der Waals surface area contributed by atoms with Gasteiger partial charge < -0.3 is 15.7 Å². The highest BCUT2D eigenvalue weighted by Crippen LogP contribution is 2.17. The summed E-state index contributed by atoms with van der Waals surface area (Å²) in [6, 6.07) is 6.81. The van der Waals surface area contributed by atoms with Gasteiger partial charge in [0, 0.05) is 24.2 Å². The van der Waals surface area contributed by atoms with Gasteiger partial charge >= 0.3 is 0 Å². The number of nitrogens with one attached hydrogen (secondary N) is 2. The zero-order valence-electron chi connectivity index (χ0n) is 12.2. The van der Waals surface area contributed by atoms with E-state index in [1.165, 1.54) is 6.92 Å². The molecule has 0 spiro atoms. The second-order valence-corrected chi connectivity index (χ2v) is 4.88. The predicted molar refractivity (Wildman–Crippen MR) is 79.5 cm³/mol. The number of amides is 2. The molecule has 0 bridgehead atoms. The van der Waals surface area contributed by atoms with E-state index in [1.54, 1.807) is 31.2 Å². The maximum absolute atomic E-state index is 12.0. The average molecular weight is 276 g/mol. The summed E-state index contributed by atoms with van der Waals surface area (Å²) in [6.45, 7) is 6.61. The lowest BCUT2D eigenvalue weighted by Crippen LogP contribution is -2.16. The van der Waals surface area contributed by atoms with Gasteiger partial charge in [-0.05, 0) is 25.1 Å². The fraction of sp³-hybridized carbons (Fsp3) is 0.333. The molecule has 5 heteroatoms. The lowest BCUT2D eigenvalue weighted by atomic mass is 10.1. The van der Waals surface area contributed by atoms with Gasteiger partial charge in [0.25, 0.3) is 5.91 Å². The molecule has 0 fully saturated rings. The van der Waals surface area contributed by atoms with Crippen molar-refractivity contribution in [1.82, 2.24) is 0 Å². The Bertz CT molecular complexity index is 548. The molecule has 0 radical (unpaired) electrons. The molecule has 20 heavy (non-hydrogen) atoms. The highest BCUT2D eigenvalue weighted by atomic mass is 16.3. The third-order valence-electron chi connectivity index (χ3n) is 2.71. The number of carbonyl (C=O) groups is 2. The summed E-state index contributed by atoms with van der Waals surface area (Å²) >= 11 is 0. The van der Waals surface area contributed by atoms with Crippen LogP contribution in [-0.2, 0) is 9.59 Å². The van der Waals surface area contributed by atoms with Crippen LogP contribution in [0, 0.1) is 5.92 Å².